The summed E-state index contributed by atoms with van der Waals surface area (Å²) >= 11 is 5.91. The minimum atomic E-state index is -0.420. The average molecular weight is 405 g/mol. The molecule has 2 atom stereocenters. The molecule has 1 aliphatic carbocycles. The third kappa shape index (κ3) is 3.97. The molecule has 1 unspecified atom stereocenters. The van der Waals surface area contributed by atoms with Gasteiger partial charge >= 0.3 is 0 Å². The van der Waals surface area contributed by atoms with Crippen LogP contribution in [0.1, 0.15) is 43.2 Å². The van der Waals surface area contributed by atoms with Crippen LogP contribution in [0.2, 0.25) is 5.02 Å². The summed E-state index contributed by atoms with van der Waals surface area (Å²) in [6, 6.07) is 17.6. The number of nitrogens with zero attached hydrogens (tertiary/aromatic N) is 2. The Bertz CT molecular complexity index is 1030. The van der Waals surface area contributed by atoms with Gasteiger partial charge in [0.05, 0.1) is 12.0 Å². The Morgan fingerprint density at radius 3 is 2.55 bits per heavy atom. The molecule has 0 amide bonds. The lowest BCUT2D eigenvalue weighted by Gasteiger charge is -2.32. The maximum Gasteiger partial charge on any atom is 0.161 e. The van der Waals surface area contributed by atoms with Gasteiger partial charge in [0.25, 0.3) is 0 Å². The van der Waals surface area contributed by atoms with Gasteiger partial charge in [-0.25, -0.2) is 0 Å². The van der Waals surface area contributed by atoms with E-state index in [4.69, 9.17) is 16.3 Å². The van der Waals surface area contributed by atoms with Crippen LogP contribution in [-0.4, -0.2) is 11.5 Å². The quantitative estimate of drug-likeness (QED) is 0.663. The van der Waals surface area contributed by atoms with E-state index in [1.165, 1.54) is 0 Å². The molecule has 0 fully saturated rings. The van der Waals surface area contributed by atoms with Crippen molar-refractivity contribution in [2.24, 2.45) is 10.9 Å². The SMILES string of the molecule is CC1=NC2=C(C(=O)CCC2)[C@H](c2ccc(OCc3ccc(Cl)cc3)cc2)C1C#N. The molecule has 0 saturated carbocycles. The van der Waals surface area contributed by atoms with Crippen molar-refractivity contribution in [1.82, 2.24) is 0 Å². The van der Waals surface area contributed by atoms with Crippen LogP contribution in [0.25, 0.3) is 0 Å². The summed E-state index contributed by atoms with van der Waals surface area (Å²) in [6.07, 6.45) is 2.16. The number of allylic oxidation sites excluding steroid dienone is 2. The second-order valence-corrected chi connectivity index (χ2v) is 7.90. The molecule has 0 bridgehead atoms. The van der Waals surface area contributed by atoms with Gasteiger partial charge < -0.3 is 4.74 Å². The van der Waals surface area contributed by atoms with E-state index in [0.29, 0.717) is 18.1 Å². The zero-order valence-electron chi connectivity index (χ0n) is 16.2. The number of ether oxygens (including phenoxy) is 1. The maximum absolute atomic E-state index is 12.7. The van der Waals surface area contributed by atoms with E-state index in [9.17, 15) is 10.1 Å². The predicted octanol–water partition coefficient (Wildman–Crippen LogP) is 5.62. The Labute approximate surface area is 175 Å². The lowest BCUT2D eigenvalue weighted by Crippen LogP contribution is -2.30. The largest absolute Gasteiger partial charge is 0.489 e. The van der Waals surface area contributed by atoms with Crippen molar-refractivity contribution in [2.45, 2.75) is 38.7 Å². The molecule has 1 aliphatic heterocycles. The van der Waals surface area contributed by atoms with Crippen molar-refractivity contribution in [3.8, 4) is 11.8 Å². The van der Waals surface area contributed by atoms with Crippen LogP contribution in [0.15, 0.2) is 64.8 Å². The number of hydrogen-bond acceptors (Lipinski definition) is 4. The summed E-state index contributed by atoms with van der Waals surface area (Å²) in [6.45, 7) is 2.33. The van der Waals surface area contributed by atoms with Crippen LogP contribution in [0.5, 0.6) is 5.75 Å². The first-order valence-electron chi connectivity index (χ1n) is 9.75. The van der Waals surface area contributed by atoms with Crippen LogP contribution in [0.3, 0.4) is 0 Å². The molecule has 146 valence electrons. The van der Waals surface area contributed by atoms with Gasteiger partial charge in [-0.3, -0.25) is 9.79 Å². The zero-order valence-corrected chi connectivity index (χ0v) is 16.9. The Hall–Kier alpha value is -2.90. The number of nitriles is 1. The molecule has 0 radical (unpaired) electrons. The highest BCUT2D eigenvalue weighted by molar-refractivity contribution is 6.30. The highest BCUT2D eigenvalue weighted by Crippen LogP contribution is 2.43. The molecule has 0 N–H and O–H groups in total. The summed E-state index contributed by atoms with van der Waals surface area (Å²) < 4.78 is 5.87. The monoisotopic (exact) mass is 404 g/mol. The van der Waals surface area contributed by atoms with Gasteiger partial charge in [-0.05, 0) is 55.2 Å². The second-order valence-electron chi connectivity index (χ2n) is 7.46. The first kappa shape index (κ1) is 19.4. The minimum Gasteiger partial charge on any atom is -0.489 e. The molecule has 5 heteroatoms. The van der Waals surface area contributed by atoms with E-state index >= 15 is 0 Å². The number of rotatable bonds is 4. The Kier molecular flexibility index (Phi) is 5.51. The fourth-order valence-electron chi connectivity index (χ4n) is 4.05. The Balaban J connectivity index is 1.57. The molecular weight excluding hydrogens is 384 g/mol. The molecular formula is C24H21ClN2O2. The standard InChI is InChI=1S/C24H21ClN2O2/c1-15-20(13-26)23(24-21(27-15)3-2-4-22(24)28)17-7-11-19(12-8-17)29-14-16-5-9-18(25)10-6-16/h5-12,20,23H,2-4,14H2,1H3/t20?,23-/m1/s1. The van der Waals surface area contributed by atoms with E-state index in [0.717, 1.165) is 46.7 Å². The van der Waals surface area contributed by atoms with E-state index < -0.39 is 5.92 Å². The van der Waals surface area contributed by atoms with Crippen molar-refractivity contribution in [3.63, 3.8) is 0 Å². The number of carbonyl (C=O) groups is 1. The zero-order chi connectivity index (χ0) is 20.4. The number of benzene rings is 2. The number of ketones is 1. The lowest BCUT2D eigenvalue weighted by molar-refractivity contribution is -0.116. The van der Waals surface area contributed by atoms with E-state index in [2.05, 4.69) is 11.1 Å². The highest BCUT2D eigenvalue weighted by Gasteiger charge is 2.38. The third-order valence-corrected chi connectivity index (χ3v) is 5.78. The molecule has 2 aromatic carbocycles. The molecule has 0 aromatic heterocycles. The van der Waals surface area contributed by atoms with E-state index in [1.54, 1.807) is 0 Å². The van der Waals surface area contributed by atoms with Gasteiger partial charge in [0, 0.05) is 34.3 Å². The van der Waals surface area contributed by atoms with Crippen LogP contribution >= 0.6 is 11.6 Å². The first-order chi connectivity index (χ1) is 14.1. The summed E-state index contributed by atoms with van der Waals surface area (Å²) in [4.78, 5) is 17.2. The summed E-state index contributed by atoms with van der Waals surface area (Å²) in [5, 5.41) is 10.5. The normalized spacial score (nSPS) is 21.3. The molecule has 1 heterocycles. The van der Waals surface area contributed by atoms with Crippen molar-refractivity contribution in [3.05, 3.63) is 76.0 Å². The number of aliphatic imine (C=N–C) groups is 1. The van der Waals surface area contributed by atoms with Gasteiger partial charge in [-0.2, -0.15) is 5.26 Å². The molecule has 0 saturated heterocycles. The molecule has 2 aromatic rings. The van der Waals surface area contributed by atoms with Gasteiger partial charge in [0.15, 0.2) is 5.78 Å². The molecule has 4 nitrogen and oxygen atoms in total. The summed E-state index contributed by atoms with van der Waals surface area (Å²) in [7, 11) is 0. The predicted molar refractivity (Wildman–Crippen MR) is 113 cm³/mol. The van der Waals surface area contributed by atoms with E-state index in [-0.39, 0.29) is 11.7 Å². The molecule has 4 rings (SSSR count). The number of halogens is 1. The lowest BCUT2D eigenvalue weighted by atomic mass is 9.72. The average Bonchev–Trinajstić information content (AvgIpc) is 2.73. The topological polar surface area (TPSA) is 62.4 Å². The van der Waals surface area contributed by atoms with Crippen molar-refractivity contribution in [1.29, 1.82) is 5.26 Å². The van der Waals surface area contributed by atoms with Gasteiger partial charge in [0.1, 0.15) is 12.4 Å². The summed E-state index contributed by atoms with van der Waals surface area (Å²) in [5.41, 5.74) is 4.35. The summed E-state index contributed by atoms with van der Waals surface area (Å²) in [5.74, 6) is 0.181. The molecule has 2 aliphatic rings. The molecule has 29 heavy (non-hydrogen) atoms. The maximum atomic E-state index is 12.7. The molecule has 0 spiro atoms. The fourth-order valence-corrected chi connectivity index (χ4v) is 4.18. The third-order valence-electron chi connectivity index (χ3n) is 5.53. The van der Waals surface area contributed by atoms with Crippen molar-refractivity contribution in [2.75, 3.05) is 0 Å². The van der Waals surface area contributed by atoms with Gasteiger partial charge in [-0.15, -0.1) is 0 Å². The van der Waals surface area contributed by atoms with Crippen molar-refractivity contribution < 1.29 is 9.53 Å². The number of carbonyl (C=O) groups excluding carboxylic acids is 1. The van der Waals surface area contributed by atoms with E-state index in [1.807, 2.05) is 55.5 Å². The van der Waals surface area contributed by atoms with Crippen LogP contribution in [0.4, 0.5) is 0 Å². The number of Topliss-reactive ketones (excluding diaryl/α,β-unsaturated/α-hetero) is 1. The Morgan fingerprint density at radius 2 is 1.86 bits per heavy atom. The van der Waals surface area contributed by atoms with Gasteiger partial charge in [0.2, 0.25) is 0 Å². The highest BCUT2D eigenvalue weighted by atomic mass is 35.5. The van der Waals surface area contributed by atoms with Crippen LogP contribution in [0, 0.1) is 17.2 Å². The van der Waals surface area contributed by atoms with Crippen molar-refractivity contribution >= 4 is 23.1 Å². The Morgan fingerprint density at radius 1 is 1.14 bits per heavy atom. The minimum absolute atomic E-state index is 0.121. The first-order valence-corrected chi connectivity index (χ1v) is 10.1. The smallest absolute Gasteiger partial charge is 0.161 e. The van der Waals surface area contributed by atoms with Gasteiger partial charge in [-0.1, -0.05) is 35.9 Å². The fraction of sp³-hybridized carbons (Fsp3) is 0.292. The number of hydrogen-bond donors (Lipinski definition) is 0. The second kappa shape index (κ2) is 8.23. The van der Waals surface area contributed by atoms with Crippen LogP contribution in [-0.2, 0) is 11.4 Å². The van der Waals surface area contributed by atoms with Crippen LogP contribution < -0.4 is 4.74 Å².